The number of aryl methyl sites for hydroxylation is 3. The van der Waals surface area contributed by atoms with Crippen LogP contribution in [-0.4, -0.2) is 33.4 Å². The highest BCUT2D eigenvalue weighted by atomic mass is 16.3. The van der Waals surface area contributed by atoms with Crippen LogP contribution in [0.5, 0.6) is 0 Å². The van der Waals surface area contributed by atoms with Gasteiger partial charge in [-0.15, -0.1) is 0 Å². The number of fused-ring (bicyclic) bond motifs is 1. The molecule has 1 aliphatic heterocycles. The van der Waals surface area contributed by atoms with Crippen LogP contribution in [0.2, 0.25) is 0 Å². The molecule has 6 heteroatoms. The van der Waals surface area contributed by atoms with Crippen molar-refractivity contribution in [2.45, 2.75) is 46.6 Å². The van der Waals surface area contributed by atoms with Gasteiger partial charge in [-0.2, -0.15) is 0 Å². The number of piperidine rings is 1. The van der Waals surface area contributed by atoms with Gasteiger partial charge in [0, 0.05) is 44.5 Å². The highest BCUT2D eigenvalue weighted by molar-refractivity contribution is 5.93. The van der Waals surface area contributed by atoms with Crippen molar-refractivity contribution in [1.29, 1.82) is 0 Å². The lowest BCUT2D eigenvalue weighted by Gasteiger charge is -2.32. The zero-order valence-corrected chi connectivity index (χ0v) is 17.3. The maximum absolute atomic E-state index is 12.9. The number of amides is 1. The molecule has 0 unspecified atom stereocenters. The van der Waals surface area contributed by atoms with Crippen molar-refractivity contribution in [3.8, 4) is 0 Å². The first-order valence-corrected chi connectivity index (χ1v) is 10.3. The largest absolute Gasteiger partial charge is 0.451 e. The van der Waals surface area contributed by atoms with E-state index in [1.54, 1.807) is 4.90 Å². The molecule has 152 valence electrons. The highest BCUT2D eigenvalue weighted by Gasteiger charge is 2.26. The molecule has 6 nitrogen and oxygen atoms in total. The predicted molar refractivity (Wildman–Crippen MR) is 112 cm³/mol. The quantitative estimate of drug-likeness (QED) is 0.677. The first-order chi connectivity index (χ1) is 14.0. The van der Waals surface area contributed by atoms with Crippen LogP contribution in [0, 0.1) is 19.8 Å². The van der Waals surface area contributed by atoms with Gasteiger partial charge in [0.2, 0.25) is 0 Å². The Bertz CT molecular complexity index is 1100. The van der Waals surface area contributed by atoms with Crippen LogP contribution in [-0.2, 0) is 13.0 Å². The first kappa shape index (κ1) is 19.4. The summed E-state index contributed by atoms with van der Waals surface area (Å²) in [7, 11) is 0. The number of imidazole rings is 1. The summed E-state index contributed by atoms with van der Waals surface area (Å²) >= 11 is 0. The zero-order chi connectivity index (χ0) is 20.5. The fraction of sp³-hybridized carbons (Fsp3) is 0.435. The van der Waals surface area contributed by atoms with Gasteiger partial charge in [0.05, 0.1) is 5.39 Å². The third-order valence-corrected chi connectivity index (χ3v) is 6.03. The molecule has 0 N–H and O–H groups in total. The van der Waals surface area contributed by atoms with E-state index in [0.29, 0.717) is 30.0 Å². The van der Waals surface area contributed by atoms with Crippen molar-refractivity contribution in [3.05, 3.63) is 63.5 Å². The summed E-state index contributed by atoms with van der Waals surface area (Å²) in [5.41, 5.74) is 2.39. The molecule has 1 fully saturated rings. The molecule has 3 aromatic rings. The summed E-state index contributed by atoms with van der Waals surface area (Å²) in [5.74, 6) is 1.56. The molecule has 1 amide bonds. The Balaban J connectivity index is 1.47. The molecule has 0 spiro atoms. The van der Waals surface area contributed by atoms with Crippen LogP contribution < -0.4 is 5.43 Å². The fourth-order valence-electron chi connectivity index (χ4n) is 4.09. The Morgan fingerprint density at radius 3 is 2.62 bits per heavy atom. The van der Waals surface area contributed by atoms with Crippen molar-refractivity contribution < 1.29 is 9.21 Å². The number of rotatable bonds is 4. The van der Waals surface area contributed by atoms with Crippen LogP contribution in [0.3, 0.4) is 0 Å². The van der Waals surface area contributed by atoms with Gasteiger partial charge in [0.25, 0.3) is 5.91 Å². The average molecular weight is 393 g/mol. The minimum Gasteiger partial charge on any atom is -0.451 e. The number of hydrogen-bond acceptors (Lipinski definition) is 4. The molecule has 0 aliphatic carbocycles. The normalized spacial score (nSPS) is 15.2. The predicted octanol–water partition coefficient (Wildman–Crippen LogP) is 3.72. The van der Waals surface area contributed by atoms with Crippen LogP contribution in [0.1, 0.15) is 47.3 Å². The van der Waals surface area contributed by atoms with Crippen molar-refractivity contribution in [2.24, 2.45) is 5.92 Å². The lowest BCUT2D eigenvalue weighted by Crippen LogP contribution is -2.39. The van der Waals surface area contributed by atoms with E-state index in [1.165, 1.54) is 6.07 Å². The molecule has 0 radical (unpaired) electrons. The highest BCUT2D eigenvalue weighted by Crippen LogP contribution is 2.23. The maximum Gasteiger partial charge on any atom is 0.289 e. The van der Waals surface area contributed by atoms with Gasteiger partial charge < -0.3 is 13.9 Å². The number of hydrogen-bond donors (Lipinski definition) is 0. The summed E-state index contributed by atoms with van der Waals surface area (Å²) in [6.45, 7) is 8.33. The molecule has 2 aromatic heterocycles. The minimum atomic E-state index is -0.197. The molecule has 0 bridgehead atoms. The summed E-state index contributed by atoms with van der Waals surface area (Å²) in [6.07, 6.45) is 6.67. The zero-order valence-electron chi connectivity index (χ0n) is 17.3. The Morgan fingerprint density at radius 1 is 1.17 bits per heavy atom. The summed E-state index contributed by atoms with van der Waals surface area (Å²) in [4.78, 5) is 31.6. The summed E-state index contributed by atoms with van der Waals surface area (Å²) in [5, 5.41) is 0.524. The van der Waals surface area contributed by atoms with Crippen molar-refractivity contribution in [2.75, 3.05) is 13.1 Å². The van der Waals surface area contributed by atoms with E-state index >= 15 is 0 Å². The van der Waals surface area contributed by atoms with Gasteiger partial charge in [-0.05, 0) is 55.9 Å². The summed E-state index contributed by atoms with van der Waals surface area (Å²) in [6, 6.07) is 5.01. The van der Waals surface area contributed by atoms with Crippen LogP contribution in [0.25, 0.3) is 11.0 Å². The standard InChI is InChI=1S/C23H27N3O3/c1-4-22-24-7-10-26(22)14-17-5-8-25(9-6-17)23(28)21-13-19(27)18-11-15(2)16(3)12-20(18)29-21/h7,10-13,17H,4-6,8-9,14H2,1-3H3. The molecular formula is C23H27N3O3. The number of aromatic nitrogens is 2. The summed E-state index contributed by atoms with van der Waals surface area (Å²) < 4.78 is 8.05. The number of likely N-dealkylation sites (tertiary alicyclic amines) is 1. The van der Waals surface area contributed by atoms with Crippen LogP contribution in [0.4, 0.5) is 0 Å². The van der Waals surface area contributed by atoms with Crippen LogP contribution in [0.15, 0.2) is 39.8 Å². The topological polar surface area (TPSA) is 68.3 Å². The molecule has 1 saturated heterocycles. The second kappa shape index (κ2) is 7.85. The lowest BCUT2D eigenvalue weighted by molar-refractivity contribution is 0.0651. The van der Waals surface area contributed by atoms with Gasteiger partial charge in [-0.3, -0.25) is 9.59 Å². The second-order valence-corrected chi connectivity index (χ2v) is 7.99. The van der Waals surface area contributed by atoms with E-state index in [9.17, 15) is 9.59 Å². The SMILES string of the molecule is CCc1nccn1CC1CCN(C(=O)c2cc(=O)c3cc(C)c(C)cc3o2)CC1. The van der Waals surface area contributed by atoms with E-state index in [2.05, 4.69) is 16.5 Å². The number of carbonyl (C=O) groups excluding carboxylic acids is 1. The third-order valence-electron chi connectivity index (χ3n) is 6.03. The Morgan fingerprint density at radius 2 is 1.90 bits per heavy atom. The molecule has 0 atom stereocenters. The van der Waals surface area contributed by atoms with E-state index in [1.807, 2.05) is 38.4 Å². The molecule has 1 aliphatic rings. The first-order valence-electron chi connectivity index (χ1n) is 10.3. The molecule has 1 aromatic carbocycles. The smallest absolute Gasteiger partial charge is 0.289 e. The van der Waals surface area contributed by atoms with E-state index in [0.717, 1.165) is 42.8 Å². The third kappa shape index (κ3) is 3.84. The molecule has 0 saturated carbocycles. The van der Waals surface area contributed by atoms with E-state index in [-0.39, 0.29) is 17.1 Å². The Kier molecular flexibility index (Phi) is 5.26. The Labute approximate surface area is 170 Å². The molecule has 4 rings (SSSR count). The van der Waals surface area contributed by atoms with Gasteiger partial charge in [-0.1, -0.05) is 6.92 Å². The fourth-order valence-corrected chi connectivity index (χ4v) is 4.09. The average Bonchev–Trinajstić information content (AvgIpc) is 3.16. The lowest BCUT2D eigenvalue weighted by atomic mass is 9.96. The molecular weight excluding hydrogens is 366 g/mol. The van der Waals surface area contributed by atoms with E-state index in [4.69, 9.17) is 4.42 Å². The maximum atomic E-state index is 12.9. The molecule has 29 heavy (non-hydrogen) atoms. The number of nitrogens with zero attached hydrogens (tertiary/aromatic N) is 3. The van der Waals surface area contributed by atoms with Crippen molar-refractivity contribution in [3.63, 3.8) is 0 Å². The van der Waals surface area contributed by atoms with E-state index < -0.39 is 0 Å². The van der Waals surface area contributed by atoms with Crippen molar-refractivity contribution >= 4 is 16.9 Å². The number of carbonyl (C=O) groups is 1. The van der Waals surface area contributed by atoms with Gasteiger partial charge >= 0.3 is 0 Å². The molecule has 3 heterocycles. The second-order valence-electron chi connectivity index (χ2n) is 7.99. The Hall–Kier alpha value is -2.89. The number of benzene rings is 1. The van der Waals surface area contributed by atoms with Gasteiger partial charge in [-0.25, -0.2) is 4.98 Å². The minimum absolute atomic E-state index is 0.132. The van der Waals surface area contributed by atoms with Crippen molar-refractivity contribution in [1.82, 2.24) is 14.5 Å². The van der Waals surface area contributed by atoms with Gasteiger partial charge in [0.15, 0.2) is 11.2 Å². The van der Waals surface area contributed by atoms with Gasteiger partial charge in [0.1, 0.15) is 11.4 Å². The monoisotopic (exact) mass is 393 g/mol. The van der Waals surface area contributed by atoms with Crippen LogP contribution >= 0.6 is 0 Å².